The summed E-state index contributed by atoms with van der Waals surface area (Å²) < 4.78 is -0.444. The Balaban J connectivity index is 1.73. The number of piperidine rings is 1. The second-order valence-electron chi connectivity index (χ2n) is 6.75. The molecule has 0 radical (unpaired) electrons. The van der Waals surface area contributed by atoms with Gasteiger partial charge in [-0.15, -0.1) is 11.8 Å². The van der Waals surface area contributed by atoms with Gasteiger partial charge in [0, 0.05) is 30.8 Å². The third kappa shape index (κ3) is 3.30. The van der Waals surface area contributed by atoms with E-state index in [0.717, 1.165) is 30.6 Å². The summed E-state index contributed by atoms with van der Waals surface area (Å²) in [5.74, 6) is -1.09. The summed E-state index contributed by atoms with van der Waals surface area (Å²) >= 11 is 1.64. The van der Waals surface area contributed by atoms with Crippen LogP contribution in [0.3, 0.4) is 0 Å². The van der Waals surface area contributed by atoms with E-state index in [1.807, 2.05) is 30.3 Å². The molecule has 0 spiro atoms. The average molecular weight is 349 g/mol. The number of aliphatic hydroxyl groups is 1. The van der Waals surface area contributed by atoms with E-state index in [1.54, 1.807) is 16.7 Å². The maximum absolute atomic E-state index is 13.2. The lowest BCUT2D eigenvalue weighted by Gasteiger charge is -2.40. The van der Waals surface area contributed by atoms with Gasteiger partial charge in [-0.25, -0.2) is 4.79 Å². The van der Waals surface area contributed by atoms with Crippen molar-refractivity contribution in [3.05, 3.63) is 30.3 Å². The Kier molecular flexibility index (Phi) is 4.88. The molecule has 0 atom stereocenters. The predicted octanol–water partition coefficient (Wildman–Crippen LogP) is 2.53. The SMILES string of the molecule is O=C(O)C1(O)CCN(C(=O)C2(Sc3ccccc3)CCCC2)CC1. The summed E-state index contributed by atoms with van der Waals surface area (Å²) in [5, 5.41) is 19.2. The predicted molar refractivity (Wildman–Crippen MR) is 91.9 cm³/mol. The zero-order valence-electron chi connectivity index (χ0n) is 13.6. The second kappa shape index (κ2) is 6.76. The highest BCUT2D eigenvalue weighted by Gasteiger charge is 2.47. The van der Waals surface area contributed by atoms with Gasteiger partial charge in [0.25, 0.3) is 0 Å². The van der Waals surface area contributed by atoms with Crippen molar-refractivity contribution in [3.63, 3.8) is 0 Å². The molecule has 1 aromatic carbocycles. The molecule has 2 N–H and O–H groups in total. The van der Waals surface area contributed by atoms with Crippen molar-refractivity contribution in [2.75, 3.05) is 13.1 Å². The average Bonchev–Trinajstić information content (AvgIpc) is 3.05. The molecule has 0 aromatic heterocycles. The van der Waals surface area contributed by atoms with Crippen LogP contribution in [-0.2, 0) is 9.59 Å². The van der Waals surface area contributed by atoms with Crippen molar-refractivity contribution in [3.8, 4) is 0 Å². The van der Waals surface area contributed by atoms with Gasteiger partial charge in [-0.1, -0.05) is 31.0 Å². The van der Waals surface area contributed by atoms with E-state index in [0.29, 0.717) is 13.1 Å². The number of thioether (sulfide) groups is 1. The van der Waals surface area contributed by atoms with Crippen LogP contribution in [0, 0.1) is 0 Å². The normalized spacial score (nSPS) is 22.3. The summed E-state index contributed by atoms with van der Waals surface area (Å²) in [6.07, 6.45) is 3.98. The quantitative estimate of drug-likeness (QED) is 0.873. The molecule has 0 bridgehead atoms. The number of hydrogen-bond donors (Lipinski definition) is 2. The van der Waals surface area contributed by atoms with Crippen LogP contribution in [0.1, 0.15) is 38.5 Å². The Bertz CT molecular complexity index is 605. The van der Waals surface area contributed by atoms with E-state index in [9.17, 15) is 14.7 Å². The minimum atomic E-state index is -1.69. The standard InChI is InChI=1S/C18H23NO4S/c20-15(19-12-10-17(23,11-13-19)16(21)22)18(8-4-5-9-18)24-14-6-2-1-3-7-14/h1-3,6-7,23H,4-5,8-13H2,(H,21,22). The Labute approximate surface area is 146 Å². The fourth-order valence-electron chi connectivity index (χ4n) is 3.60. The lowest BCUT2D eigenvalue weighted by molar-refractivity contribution is -0.165. The van der Waals surface area contributed by atoms with E-state index in [4.69, 9.17) is 5.11 Å². The number of nitrogens with zero attached hydrogens (tertiary/aromatic N) is 1. The molecule has 1 aliphatic carbocycles. The largest absolute Gasteiger partial charge is 0.479 e. The fraction of sp³-hybridized carbons (Fsp3) is 0.556. The molecule has 3 rings (SSSR count). The lowest BCUT2D eigenvalue weighted by Crippen LogP contribution is -2.54. The Hall–Kier alpha value is -1.53. The van der Waals surface area contributed by atoms with Crippen molar-refractivity contribution in [1.29, 1.82) is 0 Å². The first-order valence-electron chi connectivity index (χ1n) is 8.44. The minimum absolute atomic E-state index is 0.0974. The minimum Gasteiger partial charge on any atom is -0.479 e. The van der Waals surface area contributed by atoms with E-state index >= 15 is 0 Å². The van der Waals surface area contributed by atoms with Gasteiger partial charge in [-0.05, 0) is 25.0 Å². The first kappa shape index (κ1) is 17.3. The molecule has 5 nitrogen and oxygen atoms in total. The van der Waals surface area contributed by atoms with Gasteiger partial charge >= 0.3 is 5.97 Å². The third-order valence-electron chi connectivity index (χ3n) is 5.13. The Morgan fingerprint density at radius 2 is 1.58 bits per heavy atom. The summed E-state index contributed by atoms with van der Waals surface area (Å²) in [7, 11) is 0. The van der Waals surface area contributed by atoms with E-state index in [1.165, 1.54) is 0 Å². The van der Waals surface area contributed by atoms with Crippen LogP contribution >= 0.6 is 11.8 Å². The summed E-state index contributed by atoms with van der Waals surface area (Å²) in [6.45, 7) is 0.609. The van der Waals surface area contributed by atoms with Crippen LogP contribution in [0.25, 0.3) is 0 Å². The Morgan fingerprint density at radius 1 is 1.00 bits per heavy atom. The molecule has 1 saturated carbocycles. The molecule has 1 aromatic rings. The molecule has 1 heterocycles. The summed E-state index contributed by atoms with van der Waals surface area (Å²) in [5.41, 5.74) is -1.69. The topological polar surface area (TPSA) is 77.8 Å². The summed E-state index contributed by atoms with van der Waals surface area (Å²) in [6, 6.07) is 9.96. The van der Waals surface area contributed by atoms with Crippen LogP contribution in [0.2, 0.25) is 0 Å². The van der Waals surface area contributed by atoms with Crippen LogP contribution in [0.4, 0.5) is 0 Å². The van der Waals surface area contributed by atoms with Crippen molar-refractivity contribution in [1.82, 2.24) is 4.90 Å². The van der Waals surface area contributed by atoms with E-state index < -0.39 is 16.3 Å². The van der Waals surface area contributed by atoms with E-state index in [-0.39, 0.29) is 18.7 Å². The van der Waals surface area contributed by atoms with Crippen molar-refractivity contribution >= 4 is 23.6 Å². The lowest BCUT2D eigenvalue weighted by atomic mass is 9.90. The highest BCUT2D eigenvalue weighted by Crippen LogP contribution is 2.47. The molecular weight excluding hydrogens is 326 g/mol. The molecule has 24 heavy (non-hydrogen) atoms. The van der Waals surface area contributed by atoms with Gasteiger partial charge in [-0.3, -0.25) is 4.79 Å². The molecule has 1 saturated heterocycles. The van der Waals surface area contributed by atoms with Gasteiger partial charge in [0.15, 0.2) is 5.60 Å². The maximum atomic E-state index is 13.2. The zero-order chi connectivity index (χ0) is 17.2. The zero-order valence-corrected chi connectivity index (χ0v) is 14.4. The van der Waals surface area contributed by atoms with Crippen LogP contribution in [-0.4, -0.2) is 50.4 Å². The maximum Gasteiger partial charge on any atom is 0.335 e. The molecule has 2 aliphatic rings. The van der Waals surface area contributed by atoms with Gasteiger partial charge in [-0.2, -0.15) is 0 Å². The fourth-order valence-corrected chi connectivity index (χ4v) is 5.06. The molecule has 1 amide bonds. The number of carboxylic acid groups (broad SMARTS) is 1. The van der Waals surface area contributed by atoms with Crippen molar-refractivity contribution in [2.45, 2.75) is 53.8 Å². The highest BCUT2D eigenvalue weighted by molar-refractivity contribution is 8.01. The number of amides is 1. The summed E-state index contributed by atoms with van der Waals surface area (Å²) in [4.78, 5) is 27.2. The van der Waals surface area contributed by atoms with Gasteiger partial charge in [0.2, 0.25) is 5.91 Å². The number of carbonyl (C=O) groups is 2. The number of likely N-dealkylation sites (tertiary alicyclic amines) is 1. The Morgan fingerprint density at radius 3 is 2.12 bits per heavy atom. The monoisotopic (exact) mass is 349 g/mol. The third-order valence-corrected chi connectivity index (χ3v) is 6.61. The molecule has 1 aliphatic heterocycles. The smallest absolute Gasteiger partial charge is 0.335 e. The molecule has 2 fully saturated rings. The van der Waals surface area contributed by atoms with Crippen LogP contribution in [0.5, 0.6) is 0 Å². The van der Waals surface area contributed by atoms with Crippen molar-refractivity contribution in [2.24, 2.45) is 0 Å². The van der Waals surface area contributed by atoms with E-state index in [2.05, 4.69) is 0 Å². The number of hydrogen-bond acceptors (Lipinski definition) is 4. The molecular formula is C18H23NO4S. The number of aliphatic carboxylic acids is 1. The molecule has 6 heteroatoms. The number of carboxylic acids is 1. The molecule has 0 unspecified atom stereocenters. The molecule has 130 valence electrons. The number of rotatable bonds is 4. The number of benzene rings is 1. The van der Waals surface area contributed by atoms with Gasteiger partial charge < -0.3 is 15.1 Å². The first-order valence-corrected chi connectivity index (χ1v) is 9.26. The van der Waals surface area contributed by atoms with Crippen LogP contribution in [0.15, 0.2) is 35.2 Å². The van der Waals surface area contributed by atoms with Crippen molar-refractivity contribution < 1.29 is 19.8 Å². The van der Waals surface area contributed by atoms with Gasteiger partial charge in [0.1, 0.15) is 0 Å². The second-order valence-corrected chi connectivity index (χ2v) is 8.20. The first-order chi connectivity index (χ1) is 11.5. The van der Waals surface area contributed by atoms with Crippen LogP contribution < -0.4 is 0 Å². The highest BCUT2D eigenvalue weighted by atomic mass is 32.2. The number of carbonyl (C=O) groups excluding carboxylic acids is 1. The van der Waals surface area contributed by atoms with Gasteiger partial charge in [0.05, 0.1) is 4.75 Å².